The molecular weight excluding hydrogens is 256 g/mol. The molecular formula is C15H24N2O3. The van der Waals surface area contributed by atoms with Crippen LogP contribution in [0.4, 0.5) is 0 Å². The van der Waals surface area contributed by atoms with Crippen molar-refractivity contribution >= 4 is 0 Å². The summed E-state index contributed by atoms with van der Waals surface area (Å²) in [6, 6.07) is 3.74. The van der Waals surface area contributed by atoms with Crippen LogP contribution in [-0.2, 0) is 4.74 Å². The van der Waals surface area contributed by atoms with Gasteiger partial charge in [-0.05, 0) is 39.8 Å². The molecule has 1 aliphatic heterocycles. The SMILES string of the molecule is CCO[C@@H]1CNCC[C@@H]1Oc1ccc(OC(C)C)cn1. The largest absolute Gasteiger partial charge is 0.489 e. The first-order valence-corrected chi connectivity index (χ1v) is 7.30. The Morgan fingerprint density at radius 1 is 1.35 bits per heavy atom. The van der Waals surface area contributed by atoms with Crippen LogP contribution in [0.15, 0.2) is 18.3 Å². The van der Waals surface area contributed by atoms with Gasteiger partial charge in [0.05, 0.1) is 12.3 Å². The number of nitrogens with zero attached hydrogens (tertiary/aromatic N) is 1. The molecule has 1 aliphatic rings. The minimum absolute atomic E-state index is 0.0561. The van der Waals surface area contributed by atoms with Gasteiger partial charge in [-0.1, -0.05) is 0 Å². The second-order valence-electron chi connectivity index (χ2n) is 5.14. The van der Waals surface area contributed by atoms with Crippen molar-refractivity contribution in [3.8, 4) is 11.6 Å². The zero-order valence-electron chi connectivity index (χ0n) is 12.5. The molecule has 0 unspecified atom stereocenters. The van der Waals surface area contributed by atoms with E-state index in [4.69, 9.17) is 14.2 Å². The van der Waals surface area contributed by atoms with E-state index in [0.717, 1.165) is 25.3 Å². The summed E-state index contributed by atoms with van der Waals surface area (Å²) >= 11 is 0. The van der Waals surface area contributed by atoms with Crippen LogP contribution in [0.2, 0.25) is 0 Å². The summed E-state index contributed by atoms with van der Waals surface area (Å²) in [5, 5.41) is 3.32. The van der Waals surface area contributed by atoms with Crippen molar-refractivity contribution in [2.75, 3.05) is 19.7 Å². The maximum absolute atomic E-state index is 5.95. The molecule has 1 saturated heterocycles. The normalized spacial score (nSPS) is 22.8. The summed E-state index contributed by atoms with van der Waals surface area (Å²) in [5.74, 6) is 1.39. The summed E-state index contributed by atoms with van der Waals surface area (Å²) in [7, 11) is 0. The van der Waals surface area contributed by atoms with Gasteiger partial charge < -0.3 is 19.5 Å². The van der Waals surface area contributed by atoms with E-state index >= 15 is 0 Å². The Morgan fingerprint density at radius 2 is 2.20 bits per heavy atom. The van der Waals surface area contributed by atoms with Gasteiger partial charge in [-0.2, -0.15) is 0 Å². The van der Waals surface area contributed by atoms with Crippen molar-refractivity contribution in [1.82, 2.24) is 10.3 Å². The number of rotatable bonds is 6. The van der Waals surface area contributed by atoms with E-state index < -0.39 is 0 Å². The molecule has 5 nitrogen and oxygen atoms in total. The van der Waals surface area contributed by atoms with Crippen molar-refractivity contribution in [3.05, 3.63) is 18.3 Å². The summed E-state index contributed by atoms with van der Waals surface area (Å²) in [6.45, 7) is 8.46. The Bertz CT molecular complexity index is 393. The fraction of sp³-hybridized carbons (Fsp3) is 0.667. The lowest BCUT2D eigenvalue weighted by atomic mass is 10.1. The molecule has 2 rings (SSSR count). The van der Waals surface area contributed by atoms with Crippen LogP contribution in [0.3, 0.4) is 0 Å². The Balaban J connectivity index is 1.94. The van der Waals surface area contributed by atoms with E-state index in [1.54, 1.807) is 6.20 Å². The molecule has 0 saturated carbocycles. The minimum Gasteiger partial charge on any atom is -0.489 e. The predicted molar refractivity (Wildman–Crippen MR) is 77.3 cm³/mol. The van der Waals surface area contributed by atoms with Gasteiger partial charge in [-0.3, -0.25) is 0 Å². The molecule has 1 aromatic heterocycles. The molecule has 0 aliphatic carbocycles. The topological polar surface area (TPSA) is 52.6 Å². The van der Waals surface area contributed by atoms with Crippen LogP contribution in [0.1, 0.15) is 27.2 Å². The highest BCUT2D eigenvalue weighted by Gasteiger charge is 2.27. The van der Waals surface area contributed by atoms with Gasteiger partial charge >= 0.3 is 0 Å². The average Bonchev–Trinajstić information content (AvgIpc) is 2.43. The summed E-state index contributed by atoms with van der Waals surface area (Å²) in [4.78, 5) is 4.30. The third-order valence-corrected chi connectivity index (χ3v) is 3.10. The molecule has 1 N–H and O–H groups in total. The number of pyridine rings is 1. The molecule has 0 aromatic carbocycles. The lowest BCUT2D eigenvalue weighted by Crippen LogP contribution is -2.48. The Labute approximate surface area is 120 Å². The Hall–Kier alpha value is -1.33. The molecule has 0 bridgehead atoms. The van der Waals surface area contributed by atoms with Gasteiger partial charge in [0.2, 0.25) is 5.88 Å². The van der Waals surface area contributed by atoms with Crippen LogP contribution in [0.25, 0.3) is 0 Å². The molecule has 0 amide bonds. The number of ether oxygens (including phenoxy) is 3. The quantitative estimate of drug-likeness (QED) is 0.864. The van der Waals surface area contributed by atoms with Gasteiger partial charge in [0.15, 0.2) is 0 Å². The van der Waals surface area contributed by atoms with Crippen molar-refractivity contribution in [2.45, 2.75) is 45.5 Å². The summed E-state index contributed by atoms with van der Waals surface area (Å²) in [6.07, 6.45) is 2.92. The second-order valence-corrected chi connectivity index (χ2v) is 5.14. The fourth-order valence-electron chi connectivity index (χ4n) is 2.25. The third kappa shape index (κ3) is 4.35. The lowest BCUT2D eigenvalue weighted by molar-refractivity contribution is -0.0359. The zero-order valence-corrected chi connectivity index (χ0v) is 12.5. The van der Waals surface area contributed by atoms with E-state index in [1.807, 2.05) is 32.9 Å². The molecule has 0 radical (unpaired) electrons. The maximum atomic E-state index is 5.95. The smallest absolute Gasteiger partial charge is 0.213 e. The number of hydrogen-bond donors (Lipinski definition) is 1. The number of piperidine rings is 1. The van der Waals surface area contributed by atoms with Gasteiger partial charge in [0.1, 0.15) is 18.0 Å². The predicted octanol–water partition coefficient (Wildman–Crippen LogP) is 2.01. The number of nitrogens with one attached hydrogen (secondary N) is 1. The third-order valence-electron chi connectivity index (χ3n) is 3.10. The zero-order chi connectivity index (χ0) is 14.4. The highest BCUT2D eigenvalue weighted by Crippen LogP contribution is 2.19. The second kappa shape index (κ2) is 7.45. The van der Waals surface area contributed by atoms with E-state index in [0.29, 0.717) is 12.5 Å². The highest BCUT2D eigenvalue weighted by atomic mass is 16.5. The van der Waals surface area contributed by atoms with Crippen LogP contribution < -0.4 is 14.8 Å². The van der Waals surface area contributed by atoms with Crippen LogP contribution in [0.5, 0.6) is 11.6 Å². The fourth-order valence-corrected chi connectivity index (χ4v) is 2.25. The van der Waals surface area contributed by atoms with Gasteiger partial charge in [-0.25, -0.2) is 4.98 Å². The molecule has 0 spiro atoms. The van der Waals surface area contributed by atoms with Crippen molar-refractivity contribution in [3.63, 3.8) is 0 Å². The molecule has 2 atom stereocenters. The molecule has 112 valence electrons. The Morgan fingerprint density at radius 3 is 2.85 bits per heavy atom. The van der Waals surface area contributed by atoms with Gasteiger partial charge in [0, 0.05) is 19.2 Å². The molecule has 2 heterocycles. The van der Waals surface area contributed by atoms with E-state index in [2.05, 4.69) is 10.3 Å². The number of hydrogen-bond acceptors (Lipinski definition) is 5. The first-order valence-electron chi connectivity index (χ1n) is 7.30. The van der Waals surface area contributed by atoms with Crippen LogP contribution >= 0.6 is 0 Å². The maximum Gasteiger partial charge on any atom is 0.213 e. The minimum atomic E-state index is 0.0561. The average molecular weight is 280 g/mol. The monoisotopic (exact) mass is 280 g/mol. The molecule has 1 fully saturated rings. The standard InChI is InChI=1S/C15H24N2O3/c1-4-18-14-10-16-8-7-13(14)20-15-6-5-12(9-17-15)19-11(2)3/h5-6,9,11,13-14,16H,4,7-8,10H2,1-3H3/t13-,14+/m0/s1. The Kier molecular flexibility index (Phi) is 5.61. The summed E-state index contributed by atoms with van der Waals surface area (Å²) in [5.41, 5.74) is 0. The summed E-state index contributed by atoms with van der Waals surface area (Å²) < 4.78 is 17.2. The molecule has 5 heteroatoms. The van der Waals surface area contributed by atoms with Crippen molar-refractivity contribution in [2.24, 2.45) is 0 Å². The van der Waals surface area contributed by atoms with Crippen LogP contribution in [0, 0.1) is 0 Å². The van der Waals surface area contributed by atoms with E-state index in [9.17, 15) is 0 Å². The van der Waals surface area contributed by atoms with E-state index in [-0.39, 0.29) is 18.3 Å². The first kappa shape index (κ1) is 15.1. The number of aromatic nitrogens is 1. The van der Waals surface area contributed by atoms with Gasteiger partial charge in [0.25, 0.3) is 0 Å². The van der Waals surface area contributed by atoms with Crippen LogP contribution in [-0.4, -0.2) is 43.0 Å². The molecule has 1 aromatic rings. The van der Waals surface area contributed by atoms with Crippen molar-refractivity contribution in [1.29, 1.82) is 0 Å². The van der Waals surface area contributed by atoms with Gasteiger partial charge in [-0.15, -0.1) is 0 Å². The van der Waals surface area contributed by atoms with E-state index in [1.165, 1.54) is 0 Å². The molecule has 20 heavy (non-hydrogen) atoms. The first-order chi connectivity index (χ1) is 9.69. The lowest BCUT2D eigenvalue weighted by Gasteiger charge is -2.31. The van der Waals surface area contributed by atoms with Crippen molar-refractivity contribution < 1.29 is 14.2 Å². The highest BCUT2D eigenvalue weighted by molar-refractivity contribution is 5.23.